The molecule has 1 aromatic rings. The lowest BCUT2D eigenvalue weighted by Crippen LogP contribution is -2.43. The maximum atomic E-state index is 11.6. The van der Waals surface area contributed by atoms with Crippen LogP contribution in [0, 0.1) is 0 Å². The normalized spacial score (nSPS) is 13.3. The molecule has 0 radical (unpaired) electrons. The highest BCUT2D eigenvalue weighted by molar-refractivity contribution is 7.13. The van der Waals surface area contributed by atoms with Crippen LogP contribution in [0.25, 0.3) is 0 Å². The van der Waals surface area contributed by atoms with Crippen LogP contribution in [0.4, 0.5) is 4.79 Å². The number of nitrogens with one attached hydrogen (secondary N) is 1. The van der Waals surface area contributed by atoms with E-state index in [4.69, 9.17) is 14.7 Å². The molecule has 3 N–H and O–H groups in total. The van der Waals surface area contributed by atoms with Gasteiger partial charge in [0.1, 0.15) is 12.2 Å². The van der Waals surface area contributed by atoms with E-state index in [9.17, 15) is 14.7 Å². The van der Waals surface area contributed by atoms with Crippen molar-refractivity contribution in [3.63, 3.8) is 0 Å². The summed E-state index contributed by atoms with van der Waals surface area (Å²) in [6, 6.07) is 2.52. The van der Waals surface area contributed by atoms with Crippen LogP contribution in [0.5, 0.6) is 0 Å². The summed E-state index contributed by atoms with van der Waals surface area (Å²) in [5, 5.41) is 26.0. The van der Waals surface area contributed by atoms with Crippen LogP contribution in [-0.4, -0.2) is 52.8 Å². The van der Waals surface area contributed by atoms with E-state index in [1.165, 1.54) is 11.3 Å². The molecule has 0 saturated heterocycles. The van der Waals surface area contributed by atoms with Crippen molar-refractivity contribution in [3.05, 3.63) is 22.4 Å². The van der Waals surface area contributed by atoms with Crippen LogP contribution in [-0.2, 0) is 14.4 Å². The fourth-order valence-corrected chi connectivity index (χ4v) is 2.11. The van der Waals surface area contributed by atoms with E-state index in [0.717, 1.165) is 0 Å². The Morgan fingerprint density at radius 2 is 2.13 bits per heavy atom. The van der Waals surface area contributed by atoms with Gasteiger partial charge < -0.3 is 25.1 Å². The second-order valence-electron chi connectivity index (χ2n) is 5.54. The average Bonchev–Trinajstić information content (AvgIpc) is 2.93. The molecule has 0 aliphatic rings. The van der Waals surface area contributed by atoms with Gasteiger partial charge in [-0.2, -0.15) is 0 Å². The number of nitrogens with zero attached hydrogens (tertiary/aromatic N) is 1. The van der Waals surface area contributed by atoms with Crippen molar-refractivity contribution in [2.24, 2.45) is 5.16 Å². The number of aliphatic hydroxyl groups excluding tert-OH is 1. The Bertz CT molecular complexity index is 550. The molecular formula is C14H20N2O6S. The van der Waals surface area contributed by atoms with Gasteiger partial charge in [-0.3, -0.25) is 0 Å². The maximum Gasteiger partial charge on any atom is 0.408 e. The van der Waals surface area contributed by atoms with Crippen LogP contribution < -0.4 is 5.32 Å². The van der Waals surface area contributed by atoms with E-state index in [1.807, 2.05) is 0 Å². The minimum atomic E-state index is -1.23. The summed E-state index contributed by atoms with van der Waals surface area (Å²) in [6.45, 7) is 4.53. The molecule has 0 bridgehead atoms. The molecule has 1 heterocycles. The highest BCUT2D eigenvalue weighted by Crippen LogP contribution is 2.11. The molecule has 8 nitrogen and oxygen atoms in total. The lowest BCUT2D eigenvalue weighted by molar-refractivity contribution is -0.129. The van der Waals surface area contributed by atoms with Crippen LogP contribution in [0.2, 0.25) is 0 Å². The van der Waals surface area contributed by atoms with Crippen molar-refractivity contribution in [2.75, 3.05) is 13.2 Å². The number of amides is 1. The molecule has 1 rings (SSSR count). The van der Waals surface area contributed by atoms with Crippen LogP contribution in [0.15, 0.2) is 22.7 Å². The molecule has 0 aliphatic carbocycles. The number of oxime groups is 1. The first-order chi connectivity index (χ1) is 10.7. The van der Waals surface area contributed by atoms with Crippen LogP contribution in [0.3, 0.4) is 0 Å². The quantitative estimate of drug-likeness (QED) is 0.509. The molecule has 0 aliphatic heterocycles. The number of aliphatic hydroxyl groups is 1. The van der Waals surface area contributed by atoms with E-state index in [-0.39, 0.29) is 12.3 Å². The van der Waals surface area contributed by atoms with Gasteiger partial charge in [0.2, 0.25) is 5.71 Å². The van der Waals surface area contributed by atoms with Gasteiger partial charge in [-0.1, -0.05) is 11.2 Å². The number of hydrogen-bond donors (Lipinski definition) is 3. The minimum Gasteiger partial charge on any atom is -0.476 e. The second kappa shape index (κ2) is 8.49. The third-order valence-corrected chi connectivity index (χ3v) is 3.21. The molecule has 1 unspecified atom stereocenters. The number of hydrogen-bond acceptors (Lipinski definition) is 7. The first kappa shape index (κ1) is 18.9. The monoisotopic (exact) mass is 344 g/mol. The van der Waals surface area contributed by atoms with Gasteiger partial charge in [0.25, 0.3) is 0 Å². The van der Waals surface area contributed by atoms with Crippen molar-refractivity contribution in [3.8, 4) is 0 Å². The molecule has 0 spiro atoms. The molecule has 1 amide bonds. The topological polar surface area (TPSA) is 117 Å². The smallest absolute Gasteiger partial charge is 0.408 e. The van der Waals surface area contributed by atoms with Gasteiger partial charge in [0.15, 0.2) is 0 Å². The van der Waals surface area contributed by atoms with Crippen molar-refractivity contribution in [1.82, 2.24) is 5.32 Å². The number of ether oxygens (including phenoxy) is 1. The van der Waals surface area contributed by atoms with Crippen molar-refractivity contribution < 1.29 is 29.4 Å². The van der Waals surface area contributed by atoms with E-state index in [2.05, 4.69) is 10.5 Å². The Kier molecular flexibility index (Phi) is 6.98. The van der Waals surface area contributed by atoms with Crippen molar-refractivity contribution in [1.29, 1.82) is 0 Å². The Labute approximate surface area is 137 Å². The highest BCUT2D eigenvalue weighted by atomic mass is 32.1. The average molecular weight is 344 g/mol. The Hall–Kier alpha value is -2.13. The number of rotatable bonds is 7. The summed E-state index contributed by atoms with van der Waals surface area (Å²) >= 11 is 1.21. The number of carboxylic acid groups (broad SMARTS) is 1. The van der Waals surface area contributed by atoms with Crippen LogP contribution in [0.1, 0.15) is 25.6 Å². The number of thiophene rings is 1. The molecule has 0 aromatic carbocycles. The third kappa shape index (κ3) is 7.11. The van der Waals surface area contributed by atoms with Gasteiger partial charge in [-0.25, -0.2) is 9.59 Å². The third-order valence-electron chi connectivity index (χ3n) is 2.33. The number of carbonyl (C=O) groups excluding carboxylic acids is 1. The largest absolute Gasteiger partial charge is 0.476 e. The number of aliphatic carboxylic acids is 1. The summed E-state index contributed by atoms with van der Waals surface area (Å²) in [7, 11) is 0. The zero-order valence-corrected chi connectivity index (χ0v) is 13.9. The zero-order chi connectivity index (χ0) is 17.5. The van der Waals surface area contributed by atoms with Gasteiger partial charge in [-0.15, -0.1) is 11.3 Å². The fourth-order valence-electron chi connectivity index (χ4n) is 1.41. The van der Waals surface area contributed by atoms with Gasteiger partial charge in [-0.05, 0) is 32.2 Å². The highest BCUT2D eigenvalue weighted by Gasteiger charge is 2.20. The van der Waals surface area contributed by atoms with E-state index >= 15 is 0 Å². The second-order valence-corrected chi connectivity index (χ2v) is 6.49. The Morgan fingerprint density at radius 1 is 1.43 bits per heavy atom. The van der Waals surface area contributed by atoms with E-state index in [1.54, 1.807) is 38.3 Å². The molecular weight excluding hydrogens is 324 g/mol. The predicted octanol–water partition coefficient (Wildman–Crippen LogP) is 1.44. The van der Waals surface area contributed by atoms with Crippen molar-refractivity contribution in [2.45, 2.75) is 32.4 Å². The van der Waals surface area contributed by atoms with Gasteiger partial charge in [0, 0.05) is 0 Å². The molecule has 9 heteroatoms. The first-order valence-electron chi connectivity index (χ1n) is 6.80. The summed E-state index contributed by atoms with van der Waals surface area (Å²) in [4.78, 5) is 28.1. The molecule has 23 heavy (non-hydrogen) atoms. The van der Waals surface area contributed by atoms with Crippen LogP contribution >= 0.6 is 11.3 Å². The predicted molar refractivity (Wildman–Crippen MR) is 84.7 cm³/mol. The van der Waals surface area contributed by atoms with E-state index < -0.39 is 30.3 Å². The fraction of sp³-hybridized carbons (Fsp3) is 0.500. The molecule has 0 fully saturated rings. The number of carbonyl (C=O) groups is 2. The number of alkyl carbamates (subject to hydrolysis) is 1. The van der Waals surface area contributed by atoms with E-state index in [0.29, 0.717) is 4.88 Å². The summed E-state index contributed by atoms with van der Waals surface area (Å²) < 4.78 is 5.05. The molecule has 1 atom stereocenters. The summed E-state index contributed by atoms with van der Waals surface area (Å²) in [5.41, 5.74) is -0.910. The summed E-state index contributed by atoms with van der Waals surface area (Å²) in [5.74, 6) is -1.23. The van der Waals surface area contributed by atoms with Gasteiger partial charge in [0.05, 0.1) is 17.5 Å². The number of carboxylic acids is 1. The first-order valence-corrected chi connectivity index (χ1v) is 7.68. The molecule has 1 aromatic heterocycles. The SMILES string of the molecule is CC(C)(C)OC(=O)NC(CO)CON=C(C(=O)O)c1cccs1. The van der Waals surface area contributed by atoms with Crippen molar-refractivity contribution >= 4 is 29.1 Å². The summed E-state index contributed by atoms with van der Waals surface area (Å²) in [6.07, 6.45) is -0.708. The molecule has 0 saturated carbocycles. The zero-order valence-electron chi connectivity index (χ0n) is 13.1. The van der Waals surface area contributed by atoms with Gasteiger partial charge >= 0.3 is 12.1 Å². The maximum absolute atomic E-state index is 11.6. The standard InChI is InChI=1S/C14H20N2O6S/c1-14(2,3)22-13(20)15-9(7-17)8-21-16-11(12(18)19)10-5-4-6-23-10/h4-6,9,17H,7-8H2,1-3H3,(H,15,20)(H,18,19). The Morgan fingerprint density at radius 3 is 2.61 bits per heavy atom. The molecule has 128 valence electrons. The lowest BCUT2D eigenvalue weighted by Gasteiger charge is -2.22. The Balaban J connectivity index is 2.58. The lowest BCUT2D eigenvalue weighted by atomic mass is 10.2. The minimum absolute atomic E-state index is 0.197.